The highest BCUT2D eigenvalue weighted by Crippen LogP contribution is 2.30. The molecule has 1 aliphatic rings. The van der Waals surface area contributed by atoms with Gasteiger partial charge in [0, 0.05) is 29.5 Å². The molecular weight excluding hydrogens is 198 g/mol. The number of aryl methyl sites for hydroxylation is 1. The number of nitrogens with one attached hydrogen (secondary N) is 1. The van der Waals surface area contributed by atoms with Gasteiger partial charge in [0.25, 0.3) is 0 Å². The van der Waals surface area contributed by atoms with Crippen molar-refractivity contribution in [2.24, 2.45) is 5.92 Å². The van der Waals surface area contributed by atoms with Crippen LogP contribution in [0, 0.1) is 12.8 Å². The molecule has 0 bridgehead atoms. The van der Waals surface area contributed by atoms with E-state index in [9.17, 15) is 0 Å². The van der Waals surface area contributed by atoms with E-state index < -0.39 is 0 Å². The molecule has 0 radical (unpaired) electrons. The summed E-state index contributed by atoms with van der Waals surface area (Å²) >= 11 is 0. The largest absolute Gasteiger partial charge is 0.384 e. The highest BCUT2D eigenvalue weighted by molar-refractivity contribution is 5.88. The van der Waals surface area contributed by atoms with Crippen molar-refractivity contribution in [3.8, 4) is 0 Å². The molecule has 0 unspecified atom stereocenters. The van der Waals surface area contributed by atoms with Crippen LogP contribution in [-0.4, -0.2) is 16.5 Å². The standard InChI is InChI=1S/C13H15N3/c1-9-2-5-11-12(15-8-10-3-4-10)6-7-14-13(11)16-9/h2,5-7,10H,3-4,8H2,1H3,(H,14,15,16). The highest BCUT2D eigenvalue weighted by Gasteiger charge is 2.20. The Bertz CT molecular complexity index is 518. The van der Waals surface area contributed by atoms with Gasteiger partial charge in [0.15, 0.2) is 5.65 Å². The quantitative estimate of drug-likeness (QED) is 0.852. The average Bonchev–Trinajstić information content (AvgIpc) is 3.09. The van der Waals surface area contributed by atoms with E-state index in [0.717, 1.165) is 34.9 Å². The fourth-order valence-electron chi connectivity index (χ4n) is 1.85. The van der Waals surface area contributed by atoms with E-state index in [1.54, 1.807) is 0 Å². The van der Waals surface area contributed by atoms with Crippen molar-refractivity contribution in [3.63, 3.8) is 0 Å². The summed E-state index contributed by atoms with van der Waals surface area (Å²) in [5.74, 6) is 0.877. The van der Waals surface area contributed by atoms with Gasteiger partial charge < -0.3 is 5.32 Å². The molecule has 3 heteroatoms. The van der Waals surface area contributed by atoms with Crippen LogP contribution in [0.1, 0.15) is 18.5 Å². The van der Waals surface area contributed by atoms with E-state index in [1.807, 2.05) is 25.3 Å². The summed E-state index contributed by atoms with van der Waals surface area (Å²) in [7, 11) is 0. The van der Waals surface area contributed by atoms with Gasteiger partial charge in [-0.3, -0.25) is 0 Å². The summed E-state index contributed by atoms with van der Waals surface area (Å²) < 4.78 is 0. The molecule has 0 amide bonds. The van der Waals surface area contributed by atoms with Gasteiger partial charge in [-0.1, -0.05) is 0 Å². The van der Waals surface area contributed by atoms with Crippen molar-refractivity contribution in [2.45, 2.75) is 19.8 Å². The number of anilines is 1. The predicted octanol–water partition coefficient (Wildman–Crippen LogP) is 2.76. The van der Waals surface area contributed by atoms with Gasteiger partial charge in [-0.15, -0.1) is 0 Å². The maximum atomic E-state index is 4.43. The first kappa shape index (κ1) is 9.58. The van der Waals surface area contributed by atoms with E-state index in [4.69, 9.17) is 0 Å². The van der Waals surface area contributed by atoms with Gasteiger partial charge in [-0.05, 0) is 43.9 Å². The molecule has 16 heavy (non-hydrogen) atoms. The van der Waals surface area contributed by atoms with Crippen molar-refractivity contribution in [1.29, 1.82) is 0 Å². The van der Waals surface area contributed by atoms with Crippen molar-refractivity contribution in [2.75, 3.05) is 11.9 Å². The topological polar surface area (TPSA) is 37.8 Å². The predicted molar refractivity (Wildman–Crippen MR) is 65.5 cm³/mol. The molecule has 0 spiro atoms. The molecule has 0 aromatic carbocycles. The monoisotopic (exact) mass is 213 g/mol. The molecule has 1 N–H and O–H groups in total. The highest BCUT2D eigenvalue weighted by atomic mass is 14.9. The van der Waals surface area contributed by atoms with Gasteiger partial charge in [0.1, 0.15) is 0 Å². The number of pyridine rings is 2. The van der Waals surface area contributed by atoms with Crippen molar-refractivity contribution >= 4 is 16.7 Å². The maximum absolute atomic E-state index is 4.43. The molecule has 0 atom stereocenters. The molecule has 82 valence electrons. The lowest BCUT2D eigenvalue weighted by atomic mass is 10.2. The number of hydrogen-bond acceptors (Lipinski definition) is 3. The summed E-state index contributed by atoms with van der Waals surface area (Å²) in [5.41, 5.74) is 3.00. The number of nitrogens with zero attached hydrogens (tertiary/aromatic N) is 2. The molecule has 3 nitrogen and oxygen atoms in total. The number of aromatic nitrogens is 2. The van der Waals surface area contributed by atoms with Crippen LogP contribution in [0.2, 0.25) is 0 Å². The molecule has 1 fully saturated rings. The molecule has 2 heterocycles. The van der Waals surface area contributed by atoms with Crippen LogP contribution in [0.5, 0.6) is 0 Å². The fraction of sp³-hybridized carbons (Fsp3) is 0.385. The second-order valence-electron chi connectivity index (χ2n) is 4.51. The molecule has 3 rings (SSSR count). The fourth-order valence-corrected chi connectivity index (χ4v) is 1.85. The number of fused-ring (bicyclic) bond motifs is 1. The third-order valence-corrected chi connectivity index (χ3v) is 3.02. The SMILES string of the molecule is Cc1ccc2c(NCC3CC3)ccnc2n1. The van der Waals surface area contributed by atoms with Crippen molar-refractivity contribution < 1.29 is 0 Å². The van der Waals surface area contributed by atoms with E-state index in [2.05, 4.69) is 21.4 Å². The molecular formula is C13H15N3. The van der Waals surface area contributed by atoms with Crippen LogP contribution < -0.4 is 5.32 Å². The normalized spacial score (nSPS) is 15.3. The lowest BCUT2D eigenvalue weighted by Gasteiger charge is -2.08. The van der Waals surface area contributed by atoms with E-state index >= 15 is 0 Å². The van der Waals surface area contributed by atoms with Gasteiger partial charge in [0.05, 0.1) is 0 Å². The Kier molecular flexibility index (Phi) is 2.24. The van der Waals surface area contributed by atoms with Gasteiger partial charge in [0.2, 0.25) is 0 Å². The average molecular weight is 213 g/mol. The van der Waals surface area contributed by atoms with Crippen molar-refractivity contribution in [1.82, 2.24) is 9.97 Å². The molecule has 1 saturated carbocycles. The van der Waals surface area contributed by atoms with Crippen molar-refractivity contribution in [3.05, 3.63) is 30.1 Å². The van der Waals surface area contributed by atoms with Gasteiger partial charge in [-0.2, -0.15) is 0 Å². The summed E-state index contributed by atoms with van der Waals surface area (Å²) in [6.45, 7) is 3.07. The Hall–Kier alpha value is -1.64. The zero-order valence-corrected chi connectivity index (χ0v) is 9.40. The summed E-state index contributed by atoms with van der Waals surface area (Å²) in [6, 6.07) is 6.16. The summed E-state index contributed by atoms with van der Waals surface area (Å²) in [5, 5.41) is 4.61. The van der Waals surface area contributed by atoms with E-state index in [1.165, 1.54) is 12.8 Å². The summed E-state index contributed by atoms with van der Waals surface area (Å²) in [4.78, 5) is 8.72. The molecule has 2 aromatic heterocycles. The third kappa shape index (κ3) is 1.85. The lowest BCUT2D eigenvalue weighted by Crippen LogP contribution is -2.04. The summed E-state index contributed by atoms with van der Waals surface area (Å²) in [6.07, 6.45) is 4.56. The van der Waals surface area contributed by atoms with Crippen LogP contribution >= 0.6 is 0 Å². The molecule has 1 aliphatic carbocycles. The maximum Gasteiger partial charge on any atom is 0.161 e. The smallest absolute Gasteiger partial charge is 0.161 e. The van der Waals surface area contributed by atoms with Crippen LogP contribution in [0.3, 0.4) is 0 Å². The Balaban J connectivity index is 1.95. The Morgan fingerprint density at radius 1 is 1.31 bits per heavy atom. The molecule has 0 aliphatic heterocycles. The molecule has 2 aromatic rings. The molecule has 0 saturated heterocycles. The zero-order chi connectivity index (χ0) is 11.0. The minimum Gasteiger partial charge on any atom is -0.384 e. The lowest BCUT2D eigenvalue weighted by molar-refractivity contribution is 0.890. The minimum atomic E-state index is 0.834. The van der Waals surface area contributed by atoms with Gasteiger partial charge in [-0.25, -0.2) is 9.97 Å². The Labute approximate surface area is 94.9 Å². The van der Waals surface area contributed by atoms with Crippen LogP contribution in [0.25, 0.3) is 11.0 Å². The van der Waals surface area contributed by atoms with Crippen LogP contribution in [0.4, 0.5) is 5.69 Å². The first-order chi connectivity index (χ1) is 7.83. The van der Waals surface area contributed by atoms with E-state index in [-0.39, 0.29) is 0 Å². The zero-order valence-electron chi connectivity index (χ0n) is 9.40. The number of hydrogen-bond donors (Lipinski definition) is 1. The first-order valence-corrected chi connectivity index (χ1v) is 5.79. The van der Waals surface area contributed by atoms with Crippen LogP contribution in [0.15, 0.2) is 24.4 Å². The second kappa shape index (κ2) is 3.74. The minimum absolute atomic E-state index is 0.834. The number of rotatable bonds is 3. The Morgan fingerprint density at radius 3 is 3.00 bits per heavy atom. The second-order valence-corrected chi connectivity index (χ2v) is 4.51. The van der Waals surface area contributed by atoms with E-state index in [0.29, 0.717) is 0 Å². The third-order valence-electron chi connectivity index (χ3n) is 3.02. The van der Waals surface area contributed by atoms with Gasteiger partial charge >= 0.3 is 0 Å². The van der Waals surface area contributed by atoms with Crippen LogP contribution in [-0.2, 0) is 0 Å². The Morgan fingerprint density at radius 2 is 2.19 bits per heavy atom. The first-order valence-electron chi connectivity index (χ1n) is 5.79.